The van der Waals surface area contributed by atoms with Crippen molar-refractivity contribution in [1.82, 2.24) is 0 Å². The predicted octanol–water partition coefficient (Wildman–Crippen LogP) is 5.21. The number of hydrogen-bond donors (Lipinski definition) is 0. The van der Waals surface area contributed by atoms with Crippen LogP contribution in [0.4, 0.5) is 4.39 Å². The molecular weight excluding hydrogens is 331 g/mol. The largest absolute Gasteiger partial charge is 0.488 e. The van der Waals surface area contributed by atoms with Crippen LogP contribution >= 0.6 is 27.5 Å². The first-order chi connectivity index (χ1) is 9.11. The smallest absolute Gasteiger partial charge is 0.137 e. The van der Waals surface area contributed by atoms with E-state index in [2.05, 4.69) is 15.9 Å². The molecule has 0 bridgehead atoms. The quantitative estimate of drug-likeness (QED) is 0.692. The van der Waals surface area contributed by atoms with E-state index < -0.39 is 0 Å². The molecular formula is C15H13BrClFO. The van der Waals surface area contributed by atoms with E-state index in [1.165, 1.54) is 6.07 Å². The minimum atomic E-state index is -0.277. The molecule has 0 aliphatic carbocycles. The lowest BCUT2D eigenvalue weighted by Crippen LogP contribution is -2.00. The summed E-state index contributed by atoms with van der Waals surface area (Å²) in [7, 11) is 0. The van der Waals surface area contributed by atoms with Crippen LogP contribution in [0, 0.1) is 12.7 Å². The first-order valence-electron chi connectivity index (χ1n) is 5.83. The van der Waals surface area contributed by atoms with Crippen LogP contribution in [0.1, 0.15) is 16.7 Å². The third kappa shape index (κ3) is 3.48. The molecule has 0 saturated heterocycles. The third-order valence-corrected chi connectivity index (χ3v) is 3.70. The standard InChI is InChI=1S/C15H13BrClFO/c1-10-3-2-4-12(8-17)15(10)19-9-11-5-6-14(18)13(16)7-11/h2-7H,8-9H2,1H3. The Bertz CT molecular complexity index is 586. The van der Waals surface area contributed by atoms with Crippen molar-refractivity contribution in [3.63, 3.8) is 0 Å². The number of para-hydroxylation sites is 1. The molecule has 0 N–H and O–H groups in total. The summed E-state index contributed by atoms with van der Waals surface area (Å²) >= 11 is 9.06. The topological polar surface area (TPSA) is 9.23 Å². The van der Waals surface area contributed by atoms with Crippen molar-refractivity contribution in [3.8, 4) is 5.75 Å². The Hall–Kier alpha value is -1.06. The Morgan fingerprint density at radius 1 is 1.26 bits per heavy atom. The molecule has 0 fully saturated rings. The van der Waals surface area contributed by atoms with E-state index in [1.54, 1.807) is 12.1 Å². The maximum absolute atomic E-state index is 13.1. The molecule has 100 valence electrons. The van der Waals surface area contributed by atoms with Crippen molar-refractivity contribution >= 4 is 27.5 Å². The van der Waals surface area contributed by atoms with Crippen molar-refractivity contribution in [1.29, 1.82) is 0 Å². The summed E-state index contributed by atoms with van der Waals surface area (Å²) in [5, 5.41) is 0. The van der Waals surface area contributed by atoms with Crippen molar-refractivity contribution < 1.29 is 9.13 Å². The van der Waals surface area contributed by atoms with E-state index in [0.717, 1.165) is 22.4 Å². The fraction of sp³-hybridized carbons (Fsp3) is 0.200. The molecule has 0 aromatic heterocycles. The van der Waals surface area contributed by atoms with Gasteiger partial charge in [0.1, 0.15) is 18.2 Å². The van der Waals surface area contributed by atoms with Crippen molar-refractivity contribution in [2.75, 3.05) is 0 Å². The van der Waals surface area contributed by atoms with Gasteiger partial charge in [-0.1, -0.05) is 24.3 Å². The lowest BCUT2D eigenvalue weighted by Gasteiger charge is -2.13. The van der Waals surface area contributed by atoms with E-state index in [4.69, 9.17) is 16.3 Å². The number of aryl methyl sites for hydroxylation is 1. The van der Waals surface area contributed by atoms with Crippen LogP contribution in [0.3, 0.4) is 0 Å². The minimum Gasteiger partial charge on any atom is -0.488 e. The van der Waals surface area contributed by atoms with Gasteiger partial charge >= 0.3 is 0 Å². The van der Waals surface area contributed by atoms with Crippen LogP contribution in [0.15, 0.2) is 40.9 Å². The summed E-state index contributed by atoms with van der Waals surface area (Å²) in [6.45, 7) is 2.36. The molecule has 2 aromatic rings. The lowest BCUT2D eigenvalue weighted by molar-refractivity contribution is 0.301. The highest BCUT2D eigenvalue weighted by molar-refractivity contribution is 9.10. The monoisotopic (exact) mass is 342 g/mol. The van der Waals surface area contributed by atoms with Gasteiger partial charge in [-0.25, -0.2) is 4.39 Å². The van der Waals surface area contributed by atoms with Gasteiger partial charge in [0.15, 0.2) is 0 Å². The maximum Gasteiger partial charge on any atom is 0.137 e. The van der Waals surface area contributed by atoms with E-state index in [-0.39, 0.29) is 5.82 Å². The second kappa shape index (κ2) is 6.40. The molecule has 0 aliphatic rings. The number of hydrogen-bond acceptors (Lipinski definition) is 1. The molecule has 0 radical (unpaired) electrons. The summed E-state index contributed by atoms with van der Waals surface area (Å²) in [6.07, 6.45) is 0. The van der Waals surface area contributed by atoms with E-state index in [0.29, 0.717) is 17.0 Å². The minimum absolute atomic E-state index is 0.277. The second-order valence-electron chi connectivity index (χ2n) is 4.23. The van der Waals surface area contributed by atoms with Crippen LogP contribution in [0.5, 0.6) is 5.75 Å². The number of alkyl halides is 1. The zero-order valence-electron chi connectivity index (χ0n) is 10.4. The lowest BCUT2D eigenvalue weighted by atomic mass is 10.1. The maximum atomic E-state index is 13.1. The first kappa shape index (κ1) is 14.4. The molecule has 2 rings (SSSR count). The van der Waals surface area contributed by atoms with Crippen LogP contribution in [0.25, 0.3) is 0 Å². The van der Waals surface area contributed by atoms with Crippen molar-refractivity contribution in [2.45, 2.75) is 19.4 Å². The van der Waals surface area contributed by atoms with E-state index in [1.807, 2.05) is 25.1 Å². The van der Waals surface area contributed by atoms with Gasteiger partial charge in [0.2, 0.25) is 0 Å². The molecule has 2 aromatic carbocycles. The first-order valence-corrected chi connectivity index (χ1v) is 7.15. The zero-order valence-corrected chi connectivity index (χ0v) is 12.8. The average Bonchev–Trinajstić information content (AvgIpc) is 2.41. The zero-order chi connectivity index (χ0) is 13.8. The van der Waals surface area contributed by atoms with Gasteiger partial charge in [-0.3, -0.25) is 0 Å². The third-order valence-electron chi connectivity index (χ3n) is 2.80. The highest BCUT2D eigenvalue weighted by Crippen LogP contribution is 2.26. The molecule has 0 unspecified atom stereocenters. The number of benzene rings is 2. The van der Waals surface area contributed by atoms with Crippen LogP contribution in [-0.4, -0.2) is 0 Å². The summed E-state index contributed by atoms with van der Waals surface area (Å²) < 4.78 is 19.4. The van der Waals surface area contributed by atoms with E-state index in [9.17, 15) is 4.39 Å². The number of halogens is 3. The molecule has 0 saturated carbocycles. The molecule has 0 amide bonds. The fourth-order valence-corrected chi connectivity index (χ4v) is 2.45. The van der Waals surface area contributed by atoms with Crippen LogP contribution in [0.2, 0.25) is 0 Å². The second-order valence-corrected chi connectivity index (χ2v) is 5.36. The van der Waals surface area contributed by atoms with Crippen molar-refractivity contribution in [3.05, 3.63) is 63.4 Å². The van der Waals surface area contributed by atoms with Gasteiger partial charge in [0, 0.05) is 5.56 Å². The Morgan fingerprint density at radius 2 is 2.05 bits per heavy atom. The summed E-state index contributed by atoms with van der Waals surface area (Å²) in [4.78, 5) is 0. The van der Waals surface area contributed by atoms with Gasteiger partial charge in [0.25, 0.3) is 0 Å². The van der Waals surface area contributed by atoms with Gasteiger partial charge in [-0.2, -0.15) is 0 Å². The molecule has 0 heterocycles. The Labute approximate surface area is 125 Å². The van der Waals surface area contributed by atoms with Crippen molar-refractivity contribution in [2.24, 2.45) is 0 Å². The molecule has 19 heavy (non-hydrogen) atoms. The summed E-state index contributed by atoms with van der Waals surface area (Å²) in [6, 6.07) is 10.7. The van der Waals surface area contributed by atoms with Crippen LogP contribution < -0.4 is 4.74 Å². The molecule has 0 aliphatic heterocycles. The Kier molecular flexibility index (Phi) is 4.83. The van der Waals surface area contributed by atoms with Gasteiger partial charge in [-0.15, -0.1) is 11.6 Å². The average molecular weight is 344 g/mol. The number of ether oxygens (including phenoxy) is 1. The molecule has 0 spiro atoms. The highest BCUT2D eigenvalue weighted by Gasteiger charge is 2.07. The summed E-state index contributed by atoms with van der Waals surface area (Å²) in [5.41, 5.74) is 2.90. The normalized spacial score (nSPS) is 10.5. The number of rotatable bonds is 4. The summed E-state index contributed by atoms with van der Waals surface area (Å²) in [5.74, 6) is 0.934. The van der Waals surface area contributed by atoms with Crippen LogP contribution in [-0.2, 0) is 12.5 Å². The predicted molar refractivity (Wildman–Crippen MR) is 79.2 cm³/mol. The Morgan fingerprint density at radius 3 is 2.74 bits per heavy atom. The van der Waals surface area contributed by atoms with E-state index >= 15 is 0 Å². The van der Waals surface area contributed by atoms with Gasteiger partial charge in [0.05, 0.1) is 10.4 Å². The SMILES string of the molecule is Cc1cccc(CCl)c1OCc1ccc(F)c(Br)c1. The molecule has 0 atom stereocenters. The highest BCUT2D eigenvalue weighted by atomic mass is 79.9. The molecule has 4 heteroatoms. The fourth-order valence-electron chi connectivity index (χ4n) is 1.81. The Balaban J connectivity index is 2.16. The molecule has 1 nitrogen and oxygen atoms in total. The van der Waals surface area contributed by atoms with Gasteiger partial charge in [-0.05, 0) is 46.1 Å². The van der Waals surface area contributed by atoms with Gasteiger partial charge < -0.3 is 4.74 Å².